The van der Waals surface area contributed by atoms with Crippen LogP contribution in [0.25, 0.3) is 11.1 Å². The number of carbonyl (C=O) groups excluding carboxylic acids is 2. The molecule has 2 heterocycles. The van der Waals surface area contributed by atoms with Crippen molar-refractivity contribution in [3.63, 3.8) is 0 Å². The van der Waals surface area contributed by atoms with E-state index in [9.17, 15) is 9.59 Å². The van der Waals surface area contributed by atoms with Crippen LogP contribution < -0.4 is 5.32 Å². The van der Waals surface area contributed by atoms with Crippen LogP contribution in [0.4, 0.5) is 5.13 Å². The molecule has 2 amide bonds. The summed E-state index contributed by atoms with van der Waals surface area (Å²) in [5, 5.41) is 16.0. The summed E-state index contributed by atoms with van der Waals surface area (Å²) >= 11 is 1.32. The zero-order valence-corrected chi connectivity index (χ0v) is 18.6. The fraction of sp³-hybridized carbons (Fsp3) is 0.261. The van der Waals surface area contributed by atoms with Crippen LogP contribution in [0.5, 0.6) is 0 Å². The summed E-state index contributed by atoms with van der Waals surface area (Å²) in [4.78, 5) is 32.7. The number of benzene rings is 2. The number of hydrogen-bond donors (Lipinski definition) is 1. The van der Waals surface area contributed by atoms with Gasteiger partial charge in [-0.1, -0.05) is 65.9 Å². The monoisotopic (exact) mass is 449 g/mol. The van der Waals surface area contributed by atoms with Gasteiger partial charge in [0.15, 0.2) is 0 Å². The quantitative estimate of drug-likeness (QED) is 0.580. The van der Waals surface area contributed by atoms with Crippen molar-refractivity contribution < 1.29 is 14.4 Å². The Hall–Kier alpha value is -3.59. The van der Waals surface area contributed by atoms with E-state index in [4.69, 9.17) is 4.84 Å². The first-order valence-corrected chi connectivity index (χ1v) is 11.1. The number of amides is 2. The molecule has 32 heavy (non-hydrogen) atoms. The Morgan fingerprint density at radius 1 is 1.12 bits per heavy atom. The van der Waals surface area contributed by atoms with Crippen molar-refractivity contribution in [1.29, 1.82) is 0 Å². The molecule has 1 aromatic heterocycles. The van der Waals surface area contributed by atoms with Crippen molar-refractivity contribution >= 4 is 34.0 Å². The van der Waals surface area contributed by atoms with E-state index in [0.29, 0.717) is 22.8 Å². The van der Waals surface area contributed by atoms with E-state index in [0.717, 1.165) is 22.6 Å². The lowest BCUT2D eigenvalue weighted by Crippen LogP contribution is -2.43. The third kappa shape index (κ3) is 4.67. The van der Waals surface area contributed by atoms with Crippen molar-refractivity contribution in [1.82, 2.24) is 15.1 Å². The van der Waals surface area contributed by atoms with Crippen LogP contribution in [0.2, 0.25) is 0 Å². The number of nitrogens with one attached hydrogen (secondary N) is 1. The molecule has 3 aromatic rings. The molecular weight excluding hydrogens is 426 g/mol. The molecule has 0 spiro atoms. The molecule has 1 aliphatic heterocycles. The number of carbonyl (C=O) groups is 2. The van der Waals surface area contributed by atoms with E-state index in [-0.39, 0.29) is 18.4 Å². The van der Waals surface area contributed by atoms with Crippen LogP contribution in [0.3, 0.4) is 0 Å². The Morgan fingerprint density at radius 3 is 2.50 bits per heavy atom. The topological polar surface area (TPSA) is 96.8 Å². The molecule has 0 unspecified atom stereocenters. The highest BCUT2D eigenvalue weighted by Gasteiger charge is 2.38. The summed E-state index contributed by atoms with van der Waals surface area (Å²) in [5.74, 6) is -0.558. The largest absolute Gasteiger partial charge is 0.399 e. The van der Waals surface area contributed by atoms with Gasteiger partial charge >= 0.3 is 0 Å². The SMILES string of the molecule is CCc1nnc(NC(=O)[C@@H]2CC(=NOC)CN2C(=O)c2ccc(-c3ccccc3)cc2)s1. The summed E-state index contributed by atoms with van der Waals surface area (Å²) in [6.45, 7) is 2.20. The first-order valence-electron chi connectivity index (χ1n) is 10.3. The number of nitrogens with zero attached hydrogens (tertiary/aromatic N) is 4. The van der Waals surface area contributed by atoms with Crippen molar-refractivity contribution in [2.24, 2.45) is 5.16 Å². The molecule has 1 atom stereocenters. The maximum Gasteiger partial charge on any atom is 0.254 e. The van der Waals surface area contributed by atoms with Gasteiger partial charge in [-0.05, 0) is 29.7 Å². The van der Waals surface area contributed by atoms with E-state index in [1.807, 2.05) is 49.4 Å². The number of aryl methyl sites for hydroxylation is 1. The Kier molecular flexibility index (Phi) is 6.55. The molecule has 1 N–H and O–H groups in total. The van der Waals surface area contributed by atoms with Crippen molar-refractivity contribution in [3.8, 4) is 11.1 Å². The zero-order valence-electron chi connectivity index (χ0n) is 17.8. The molecule has 1 fully saturated rings. The average molecular weight is 450 g/mol. The molecule has 0 bridgehead atoms. The summed E-state index contributed by atoms with van der Waals surface area (Å²) < 4.78 is 0. The maximum absolute atomic E-state index is 13.3. The van der Waals surface area contributed by atoms with Crippen LogP contribution in [0, 0.1) is 0 Å². The fourth-order valence-corrected chi connectivity index (χ4v) is 4.27. The molecule has 2 aromatic carbocycles. The highest BCUT2D eigenvalue weighted by atomic mass is 32.1. The van der Waals surface area contributed by atoms with Gasteiger partial charge in [0.05, 0.1) is 12.3 Å². The predicted octanol–water partition coefficient (Wildman–Crippen LogP) is 3.62. The van der Waals surface area contributed by atoms with Gasteiger partial charge < -0.3 is 9.74 Å². The molecule has 164 valence electrons. The molecule has 8 nitrogen and oxygen atoms in total. The van der Waals surface area contributed by atoms with Crippen molar-refractivity contribution in [3.05, 3.63) is 65.2 Å². The number of likely N-dealkylation sites (tertiary alicyclic amines) is 1. The average Bonchev–Trinajstić information content (AvgIpc) is 3.46. The summed E-state index contributed by atoms with van der Waals surface area (Å²) in [6.07, 6.45) is 1.04. The van der Waals surface area contributed by atoms with E-state index in [2.05, 4.69) is 20.7 Å². The van der Waals surface area contributed by atoms with Gasteiger partial charge in [-0.15, -0.1) is 10.2 Å². The molecular formula is C23H23N5O3S. The zero-order chi connectivity index (χ0) is 22.5. The highest BCUT2D eigenvalue weighted by Crippen LogP contribution is 2.24. The molecule has 0 radical (unpaired) electrons. The Morgan fingerprint density at radius 2 is 1.84 bits per heavy atom. The number of aromatic nitrogens is 2. The van der Waals surface area contributed by atoms with Crippen molar-refractivity contribution in [2.75, 3.05) is 19.0 Å². The standard InChI is InChI=1S/C23H23N5O3S/c1-3-20-25-26-23(32-20)24-21(29)19-13-18(27-31-2)14-28(19)22(30)17-11-9-16(10-12-17)15-7-5-4-6-8-15/h4-12,19H,3,13-14H2,1-2H3,(H,24,26,29)/t19-/m0/s1. The molecule has 0 saturated carbocycles. The lowest BCUT2D eigenvalue weighted by Gasteiger charge is -2.23. The van der Waals surface area contributed by atoms with Gasteiger partial charge in [0, 0.05) is 12.0 Å². The fourth-order valence-electron chi connectivity index (χ4n) is 3.58. The minimum absolute atomic E-state index is 0.224. The number of hydrogen-bond acceptors (Lipinski definition) is 7. The molecule has 1 aliphatic rings. The van der Waals surface area contributed by atoms with Gasteiger partial charge in [-0.25, -0.2) is 0 Å². The van der Waals surface area contributed by atoms with E-state index < -0.39 is 6.04 Å². The van der Waals surface area contributed by atoms with Crippen LogP contribution in [0.1, 0.15) is 28.7 Å². The normalized spacial score (nSPS) is 16.9. The first-order chi connectivity index (χ1) is 15.6. The van der Waals surface area contributed by atoms with Gasteiger partial charge in [0.25, 0.3) is 5.91 Å². The third-order valence-corrected chi connectivity index (χ3v) is 6.16. The minimum atomic E-state index is -0.709. The van der Waals surface area contributed by atoms with Crippen LogP contribution >= 0.6 is 11.3 Å². The second-order valence-electron chi connectivity index (χ2n) is 7.28. The molecule has 4 rings (SSSR count). The predicted molar refractivity (Wildman–Crippen MR) is 124 cm³/mol. The molecule has 0 aliphatic carbocycles. The second kappa shape index (κ2) is 9.69. The summed E-state index contributed by atoms with van der Waals surface area (Å²) in [5.41, 5.74) is 3.23. The Bertz CT molecular complexity index is 1130. The summed E-state index contributed by atoms with van der Waals surface area (Å²) in [7, 11) is 1.45. The van der Waals surface area contributed by atoms with Crippen LogP contribution in [-0.4, -0.2) is 52.3 Å². The lowest BCUT2D eigenvalue weighted by atomic mass is 10.0. The van der Waals surface area contributed by atoms with Crippen LogP contribution in [0.15, 0.2) is 59.8 Å². The minimum Gasteiger partial charge on any atom is -0.399 e. The lowest BCUT2D eigenvalue weighted by molar-refractivity contribution is -0.119. The Balaban J connectivity index is 1.54. The van der Waals surface area contributed by atoms with Crippen molar-refractivity contribution in [2.45, 2.75) is 25.8 Å². The second-order valence-corrected chi connectivity index (χ2v) is 8.34. The smallest absolute Gasteiger partial charge is 0.254 e. The summed E-state index contributed by atoms with van der Waals surface area (Å²) in [6, 6.07) is 16.6. The maximum atomic E-state index is 13.3. The number of oxime groups is 1. The van der Waals surface area contributed by atoms with Gasteiger partial charge in [0.1, 0.15) is 18.2 Å². The van der Waals surface area contributed by atoms with Crippen LogP contribution in [-0.2, 0) is 16.1 Å². The number of rotatable bonds is 6. The van der Waals surface area contributed by atoms with Gasteiger partial charge in [-0.2, -0.15) is 0 Å². The highest BCUT2D eigenvalue weighted by molar-refractivity contribution is 7.15. The van der Waals surface area contributed by atoms with E-state index in [1.54, 1.807) is 12.1 Å². The van der Waals surface area contributed by atoms with E-state index in [1.165, 1.54) is 23.3 Å². The number of anilines is 1. The van der Waals surface area contributed by atoms with Gasteiger partial charge in [-0.3, -0.25) is 14.9 Å². The molecule has 9 heteroatoms. The van der Waals surface area contributed by atoms with E-state index >= 15 is 0 Å². The third-order valence-electron chi connectivity index (χ3n) is 5.18. The first kappa shape index (κ1) is 21.6. The molecule has 1 saturated heterocycles. The Labute approximate surface area is 189 Å². The van der Waals surface area contributed by atoms with Gasteiger partial charge in [0.2, 0.25) is 11.0 Å².